The van der Waals surface area contributed by atoms with Crippen LogP contribution < -0.4 is 9.47 Å². The maximum atomic E-state index is 12.5. The van der Waals surface area contributed by atoms with Crippen molar-refractivity contribution in [3.63, 3.8) is 0 Å². The molecule has 0 spiro atoms. The zero-order valence-corrected chi connectivity index (χ0v) is 19.2. The van der Waals surface area contributed by atoms with Crippen molar-refractivity contribution in [2.24, 2.45) is 0 Å². The molecule has 1 aromatic heterocycles. The van der Waals surface area contributed by atoms with Gasteiger partial charge in [0.25, 0.3) is 6.01 Å². The second-order valence-corrected chi connectivity index (χ2v) is 9.13. The lowest BCUT2D eigenvalue weighted by atomic mass is 10.1. The van der Waals surface area contributed by atoms with Crippen molar-refractivity contribution >= 4 is 17.1 Å². The molecule has 0 unspecified atom stereocenters. The van der Waals surface area contributed by atoms with Gasteiger partial charge in [-0.25, -0.2) is 4.79 Å². The molecule has 32 heavy (non-hydrogen) atoms. The molecule has 0 bridgehead atoms. The monoisotopic (exact) mass is 437 g/mol. The number of fused-ring (bicyclic) bond motifs is 1. The normalized spacial score (nSPS) is 16.8. The molecule has 0 aliphatic carbocycles. The smallest absolute Gasteiger partial charge is 0.410 e. The summed E-state index contributed by atoms with van der Waals surface area (Å²) >= 11 is 0. The summed E-state index contributed by atoms with van der Waals surface area (Å²) in [6.45, 7) is 7.43. The highest BCUT2D eigenvalue weighted by Gasteiger charge is 2.29. The summed E-state index contributed by atoms with van der Waals surface area (Å²) in [6, 6.07) is 16.6. The first-order valence-electron chi connectivity index (χ1n) is 11.1. The van der Waals surface area contributed by atoms with Gasteiger partial charge < -0.3 is 19.1 Å². The third kappa shape index (κ3) is 5.15. The molecule has 7 nitrogen and oxygen atoms in total. The van der Waals surface area contributed by atoms with Gasteiger partial charge in [-0.1, -0.05) is 24.3 Å². The highest BCUT2D eigenvalue weighted by atomic mass is 16.6. The number of ether oxygens (including phenoxy) is 3. The molecule has 4 rings (SSSR count). The molecule has 3 aromatic rings. The molecule has 0 N–H and O–H groups in total. The Morgan fingerprint density at radius 2 is 1.88 bits per heavy atom. The molecule has 170 valence electrons. The number of benzene rings is 2. The Morgan fingerprint density at radius 3 is 2.59 bits per heavy atom. The van der Waals surface area contributed by atoms with Gasteiger partial charge >= 0.3 is 6.09 Å². The Labute approximate surface area is 188 Å². The zero-order chi connectivity index (χ0) is 22.7. The first-order valence-corrected chi connectivity index (χ1v) is 11.1. The molecular formula is C25H31N3O4. The van der Waals surface area contributed by atoms with E-state index in [0.717, 1.165) is 35.2 Å². The van der Waals surface area contributed by atoms with Crippen molar-refractivity contribution < 1.29 is 19.0 Å². The van der Waals surface area contributed by atoms with Crippen LogP contribution in [0.4, 0.5) is 4.79 Å². The largest absolute Gasteiger partial charge is 0.497 e. The number of likely N-dealkylation sites (tertiary alicyclic amines) is 1. The van der Waals surface area contributed by atoms with Gasteiger partial charge in [0.1, 0.15) is 17.5 Å². The summed E-state index contributed by atoms with van der Waals surface area (Å²) in [7, 11) is 1.66. The van der Waals surface area contributed by atoms with Gasteiger partial charge in [0.05, 0.1) is 31.2 Å². The van der Waals surface area contributed by atoms with E-state index >= 15 is 0 Å². The zero-order valence-electron chi connectivity index (χ0n) is 19.2. The maximum absolute atomic E-state index is 12.5. The topological polar surface area (TPSA) is 65.8 Å². The minimum Gasteiger partial charge on any atom is -0.497 e. The van der Waals surface area contributed by atoms with E-state index in [9.17, 15) is 4.79 Å². The lowest BCUT2D eigenvalue weighted by molar-refractivity contribution is 0.00626. The standard InChI is InChI=1S/C25H31N3O4/c1-25(2,3)32-24(29)27-15-7-8-20(17-27)31-23-26-21-9-5-6-10-22(21)28(23)16-18-11-13-19(30-4)14-12-18/h5-6,9-14,20H,7-8,15-17H2,1-4H3/t20-/m1/s1. The molecule has 0 saturated carbocycles. The van der Waals surface area contributed by atoms with E-state index in [2.05, 4.69) is 4.57 Å². The van der Waals surface area contributed by atoms with E-state index in [4.69, 9.17) is 19.2 Å². The van der Waals surface area contributed by atoms with Crippen LogP contribution in [0.15, 0.2) is 48.5 Å². The quantitative estimate of drug-likeness (QED) is 0.570. The highest BCUT2D eigenvalue weighted by Crippen LogP contribution is 2.26. The van der Waals surface area contributed by atoms with E-state index in [-0.39, 0.29) is 12.2 Å². The Bertz CT molecular complexity index is 1070. The number of hydrogen-bond donors (Lipinski definition) is 0. The molecule has 1 aliphatic heterocycles. The fraction of sp³-hybridized carbons (Fsp3) is 0.440. The number of nitrogens with zero attached hydrogens (tertiary/aromatic N) is 3. The lowest BCUT2D eigenvalue weighted by Crippen LogP contribution is -2.46. The number of amides is 1. The van der Waals surface area contributed by atoms with Crippen molar-refractivity contribution in [2.45, 2.75) is 51.9 Å². The summed E-state index contributed by atoms with van der Waals surface area (Å²) < 4.78 is 19.3. The van der Waals surface area contributed by atoms with Gasteiger partial charge in [-0.15, -0.1) is 0 Å². The van der Waals surface area contributed by atoms with E-state index in [1.807, 2.05) is 69.3 Å². The molecule has 1 amide bonds. The number of imidazole rings is 1. The molecular weight excluding hydrogens is 406 g/mol. The second-order valence-electron chi connectivity index (χ2n) is 9.13. The SMILES string of the molecule is COc1ccc(Cn2c(O[C@@H]3CCCN(C(=O)OC(C)(C)C)C3)nc3ccccc32)cc1. The Balaban J connectivity index is 1.54. The molecule has 1 aliphatic rings. The van der Waals surface area contributed by atoms with E-state index < -0.39 is 5.60 Å². The van der Waals surface area contributed by atoms with Gasteiger partial charge in [0.15, 0.2) is 0 Å². The first-order chi connectivity index (χ1) is 15.3. The van der Waals surface area contributed by atoms with Crippen LogP contribution in [-0.4, -0.2) is 52.4 Å². The van der Waals surface area contributed by atoms with Gasteiger partial charge in [-0.05, 0) is 63.4 Å². The molecule has 7 heteroatoms. The summed E-state index contributed by atoms with van der Waals surface area (Å²) in [6.07, 6.45) is 1.30. The average molecular weight is 438 g/mol. The van der Waals surface area contributed by atoms with Crippen molar-refractivity contribution in [2.75, 3.05) is 20.2 Å². The van der Waals surface area contributed by atoms with Crippen molar-refractivity contribution in [3.05, 3.63) is 54.1 Å². The van der Waals surface area contributed by atoms with Crippen molar-refractivity contribution in [3.8, 4) is 11.8 Å². The van der Waals surface area contributed by atoms with Gasteiger partial charge in [0, 0.05) is 6.54 Å². The predicted octanol–water partition coefficient (Wildman–Crippen LogP) is 4.87. The summed E-state index contributed by atoms with van der Waals surface area (Å²) in [4.78, 5) is 19.0. The third-order valence-corrected chi connectivity index (χ3v) is 5.42. The van der Waals surface area contributed by atoms with Gasteiger partial charge in [0.2, 0.25) is 0 Å². The number of aromatic nitrogens is 2. The maximum Gasteiger partial charge on any atom is 0.410 e. The van der Waals surface area contributed by atoms with Crippen LogP contribution >= 0.6 is 0 Å². The van der Waals surface area contributed by atoms with Gasteiger partial charge in [-0.2, -0.15) is 4.98 Å². The number of methoxy groups -OCH3 is 1. The minimum absolute atomic E-state index is 0.136. The van der Waals surface area contributed by atoms with E-state index in [1.165, 1.54) is 0 Å². The molecule has 1 fully saturated rings. The second kappa shape index (κ2) is 9.10. The molecule has 1 atom stereocenters. The summed E-state index contributed by atoms with van der Waals surface area (Å²) in [5.74, 6) is 0.824. The summed E-state index contributed by atoms with van der Waals surface area (Å²) in [5.41, 5.74) is 2.50. The fourth-order valence-electron chi connectivity index (χ4n) is 3.89. The van der Waals surface area contributed by atoms with Crippen molar-refractivity contribution in [1.29, 1.82) is 0 Å². The van der Waals surface area contributed by atoms with Crippen LogP contribution in [0.25, 0.3) is 11.0 Å². The fourth-order valence-corrected chi connectivity index (χ4v) is 3.89. The number of rotatable bonds is 5. The number of carbonyl (C=O) groups is 1. The third-order valence-electron chi connectivity index (χ3n) is 5.42. The Morgan fingerprint density at radius 1 is 1.12 bits per heavy atom. The van der Waals surface area contributed by atoms with E-state index in [1.54, 1.807) is 12.0 Å². The molecule has 2 aromatic carbocycles. The predicted molar refractivity (Wildman–Crippen MR) is 123 cm³/mol. The van der Waals surface area contributed by atoms with Crippen molar-refractivity contribution in [1.82, 2.24) is 14.5 Å². The van der Waals surface area contributed by atoms with Crippen LogP contribution in [0.3, 0.4) is 0 Å². The first kappa shape index (κ1) is 22.0. The molecule has 2 heterocycles. The Hall–Kier alpha value is -3.22. The average Bonchev–Trinajstić information content (AvgIpc) is 3.10. The van der Waals surface area contributed by atoms with Crippen LogP contribution in [-0.2, 0) is 11.3 Å². The minimum atomic E-state index is -0.517. The number of carbonyl (C=O) groups excluding carboxylic acids is 1. The van der Waals surface area contributed by atoms with E-state index in [0.29, 0.717) is 25.6 Å². The Kier molecular flexibility index (Phi) is 6.26. The molecule has 0 radical (unpaired) electrons. The molecule has 1 saturated heterocycles. The number of piperidine rings is 1. The summed E-state index contributed by atoms with van der Waals surface area (Å²) in [5, 5.41) is 0. The number of para-hydroxylation sites is 2. The highest BCUT2D eigenvalue weighted by molar-refractivity contribution is 5.76. The van der Waals surface area contributed by atoms with Crippen LogP contribution in [0.5, 0.6) is 11.8 Å². The number of hydrogen-bond acceptors (Lipinski definition) is 5. The van der Waals surface area contributed by atoms with Crippen LogP contribution in [0.2, 0.25) is 0 Å². The lowest BCUT2D eigenvalue weighted by Gasteiger charge is -2.34. The van der Waals surface area contributed by atoms with Gasteiger partial charge in [-0.3, -0.25) is 4.57 Å². The van der Waals surface area contributed by atoms with Crippen LogP contribution in [0.1, 0.15) is 39.2 Å². The van der Waals surface area contributed by atoms with Crippen LogP contribution in [0, 0.1) is 0 Å².